The molecule has 1 aromatic heterocycles. The molecule has 1 amide bonds. The lowest BCUT2D eigenvalue weighted by molar-refractivity contribution is 0.0929. The summed E-state index contributed by atoms with van der Waals surface area (Å²) in [6.07, 6.45) is 1.48. The third kappa shape index (κ3) is 5.02. The molecule has 0 bridgehead atoms. The number of halogens is 1. The number of carbonyl (C=O) groups is 1. The molecular weight excluding hydrogens is 250 g/mol. The summed E-state index contributed by atoms with van der Waals surface area (Å²) in [7, 11) is 4.04. The summed E-state index contributed by atoms with van der Waals surface area (Å²) >= 11 is 5.67. The largest absolute Gasteiger partial charge is 0.351 e. The van der Waals surface area contributed by atoms with Crippen LogP contribution in [0.2, 0.25) is 5.15 Å². The fourth-order valence-electron chi connectivity index (χ4n) is 1.84. The Bertz CT molecular complexity index is 401. The Morgan fingerprint density at radius 2 is 2.11 bits per heavy atom. The Labute approximate surface area is 113 Å². The molecule has 0 aliphatic carbocycles. The van der Waals surface area contributed by atoms with E-state index in [2.05, 4.69) is 29.0 Å². The maximum atomic E-state index is 11.9. The molecule has 0 aromatic carbocycles. The van der Waals surface area contributed by atoms with Crippen molar-refractivity contribution in [3.63, 3.8) is 0 Å². The molecule has 1 heterocycles. The van der Waals surface area contributed by atoms with Gasteiger partial charge in [-0.2, -0.15) is 0 Å². The highest BCUT2D eigenvalue weighted by molar-refractivity contribution is 6.29. The molecule has 0 atom stereocenters. The van der Waals surface area contributed by atoms with Gasteiger partial charge in [0.15, 0.2) is 0 Å². The molecule has 0 aliphatic heterocycles. The van der Waals surface area contributed by atoms with Crippen LogP contribution >= 0.6 is 11.6 Å². The highest BCUT2D eigenvalue weighted by atomic mass is 35.5. The zero-order valence-electron chi connectivity index (χ0n) is 11.3. The minimum absolute atomic E-state index is 0.0268. The number of hydrogen-bond acceptors (Lipinski definition) is 3. The predicted octanol–water partition coefficient (Wildman–Crippen LogP) is 2.05. The average Bonchev–Trinajstić information content (AvgIpc) is 2.25. The van der Waals surface area contributed by atoms with Gasteiger partial charge >= 0.3 is 0 Å². The number of aromatic nitrogens is 1. The maximum absolute atomic E-state index is 11.9. The van der Waals surface area contributed by atoms with Crippen molar-refractivity contribution in [2.24, 2.45) is 5.41 Å². The first-order valence-corrected chi connectivity index (χ1v) is 6.22. The van der Waals surface area contributed by atoms with Gasteiger partial charge in [-0.1, -0.05) is 25.4 Å². The average molecular weight is 270 g/mol. The van der Waals surface area contributed by atoms with E-state index in [1.165, 1.54) is 6.20 Å². The van der Waals surface area contributed by atoms with E-state index in [1.807, 2.05) is 14.1 Å². The van der Waals surface area contributed by atoms with Crippen LogP contribution < -0.4 is 5.32 Å². The van der Waals surface area contributed by atoms with Crippen LogP contribution in [-0.4, -0.2) is 43.0 Å². The molecule has 5 heteroatoms. The first-order chi connectivity index (χ1) is 8.30. The van der Waals surface area contributed by atoms with Gasteiger partial charge in [-0.3, -0.25) is 4.79 Å². The number of amides is 1. The number of pyridine rings is 1. The molecule has 1 N–H and O–H groups in total. The van der Waals surface area contributed by atoms with Gasteiger partial charge < -0.3 is 10.2 Å². The normalized spacial score (nSPS) is 11.7. The van der Waals surface area contributed by atoms with Crippen LogP contribution in [0.4, 0.5) is 0 Å². The summed E-state index contributed by atoms with van der Waals surface area (Å²) in [6, 6.07) is 3.28. The minimum Gasteiger partial charge on any atom is -0.351 e. The molecule has 18 heavy (non-hydrogen) atoms. The van der Waals surface area contributed by atoms with Crippen LogP contribution in [0.1, 0.15) is 24.2 Å². The minimum atomic E-state index is -0.119. The SMILES string of the molecule is CN(C)CC(C)(C)CNC(=O)c1ccc(Cl)nc1. The van der Waals surface area contributed by atoms with Gasteiger partial charge in [0, 0.05) is 19.3 Å². The standard InChI is InChI=1S/C13H20ClN3O/c1-13(2,9-17(3)4)8-16-12(18)10-5-6-11(14)15-7-10/h5-7H,8-9H2,1-4H3,(H,16,18). The molecule has 1 rings (SSSR count). The second-order valence-electron chi connectivity index (χ2n) is 5.45. The fraction of sp³-hybridized carbons (Fsp3) is 0.538. The van der Waals surface area contributed by atoms with E-state index in [-0.39, 0.29) is 11.3 Å². The van der Waals surface area contributed by atoms with Crippen LogP contribution in [0.5, 0.6) is 0 Å². The fourth-order valence-corrected chi connectivity index (χ4v) is 1.96. The summed E-state index contributed by atoms with van der Waals surface area (Å²) in [5.74, 6) is -0.119. The van der Waals surface area contributed by atoms with Gasteiger partial charge in [0.25, 0.3) is 5.91 Å². The molecule has 100 valence electrons. The number of hydrogen-bond donors (Lipinski definition) is 1. The van der Waals surface area contributed by atoms with Crippen molar-refractivity contribution in [1.82, 2.24) is 15.2 Å². The number of nitrogens with zero attached hydrogens (tertiary/aromatic N) is 2. The van der Waals surface area contributed by atoms with Crippen LogP contribution in [0.15, 0.2) is 18.3 Å². The van der Waals surface area contributed by atoms with Gasteiger partial charge in [-0.15, -0.1) is 0 Å². The first kappa shape index (κ1) is 14.9. The molecule has 1 aromatic rings. The van der Waals surface area contributed by atoms with Crippen LogP contribution in [0, 0.1) is 5.41 Å². The van der Waals surface area contributed by atoms with E-state index in [4.69, 9.17) is 11.6 Å². The van der Waals surface area contributed by atoms with Gasteiger partial charge in [0.05, 0.1) is 5.56 Å². The van der Waals surface area contributed by atoms with E-state index in [0.717, 1.165) is 6.54 Å². The van der Waals surface area contributed by atoms with Crippen LogP contribution in [0.25, 0.3) is 0 Å². The number of nitrogens with one attached hydrogen (secondary N) is 1. The Balaban J connectivity index is 2.53. The molecule has 0 radical (unpaired) electrons. The summed E-state index contributed by atoms with van der Waals surface area (Å²) in [5.41, 5.74) is 0.555. The highest BCUT2D eigenvalue weighted by Crippen LogP contribution is 2.14. The van der Waals surface area contributed by atoms with Crippen molar-refractivity contribution in [2.45, 2.75) is 13.8 Å². The third-order valence-electron chi connectivity index (χ3n) is 2.46. The highest BCUT2D eigenvalue weighted by Gasteiger charge is 2.20. The van der Waals surface area contributed by atoms with Crippen LogP contribution in [-0.2, 0) is 0 Å². The van der Waals surface area contributed by atoms with Crippen LogP contribution in [0.3, 0.4) is 0 Å². The lowest BCUT2D eigenvalue weighted by atomic mass is 9.93. The van der Waals surface area contributed by atoms with Gasteiger partial charge in [0.1, 0.15) is 5.15 Å². The van der Waals surface area contributed by atoms with E-state index in [1.54, 1.807) is 12.1 Å². The zero-order valence-corrected chi connectivity index (χ0v) is 12.1. The third-order valence-corrected chi connectivity index (χ3v) is 2.68. The maximum Gasteiger partial charge on any atom is 0.252 e. The predicted molar refractivity (Wildman–Crippen MR) is 73.9 cm³/mol. The lowest BCUT2D eigenvalue weighted by Crippen LogP contribution is -2.40. The molecule has 0 saturated heterocycles. The number of rotatable bonds is 5. The van der Waals surface area contributed by atoms with Crippen molar-refractivity contribution in [3.05, 3.63) is 29.0 Å². The van der Waals surface area contributed by atoms with E-state index in [9.17, 15) is 4.79 Å². The Hall–Kier alpha value is -1.13. The van der Waals surface area contributed by atoms with Crippen molar-refractivity contribution in [2.75, 3.05) is 27.2 Å². The Kier molecular flexibility index (Phi) is 5.11. The van der Waals surface area contributed by atoms with E-state index >= 15 is 0 Å². The topological polar surface area (TPSA) is 45.2 Å². The quantitative estimate of drug-likeness (QED) is 0.832. The second kappa shape index (κ2) is 6.16. The monoisotopic (exact) mass is 269 g/mol. The second-order valence-corrected chi connectivity index (χ2v) is 5.84. The zero-order chi connectivity index (χ0) is 13.8. The molecule has 0 saturated carbocycles. The van der Waals surface area contributed by atoms with Crippen molar-refractivity contribution >= 4 is 17.5 Å². The molecule has 0 aliphatic rings. The van der Waals surface area contributed by atoms with Gasteiger partial charge in [-0.05, 0) is 31.6 Å². The Morgan fingerprint density at radius 3 is 2.61 bits per heavy atom. The number of carbonyl (C=O) groups excluding carboxylic acids is 1. The Morgan fingerprint density at radius 1 is 1.44 bits per heavy atom. The van der Waals surface area contributed by atoms with Gasteiger partial charge in [0.2, 0.25) is 0 Å². The lowest BCUT2D eigenvalue weighted by Gasteiger charge is -2.28. The summed E-state index contributed by atoms with van der Waals surface area (Å²) in [5, 5.41) is 3.30. The molecule has 0 fully saturated rings. The first-order valence-electron chi connectivity index (χ1n) is 5.85. The van der Waals surface area contributed by atoms with E-state index < -0.39 is 0 Å². The smallest absolute Gasteiger partial charge is 0.252 e. The summed E-state index contributed by atoms with van der Waals surface area (Å²) in [4.78, 5) is 17.9. The summed E-state index contributed by atoms with van der Waals surface area (Å²) < 4.78 is 0. The van der Waals surface area contributed by atoms with Crippen molar-refractivity contribution < 1.29 is 4.79 Å². The molecule has 0 unspecified atom stereocenters. The van der Waals surface area contributed by atoms with E-state index in [0.29, 0.717) is 17.3 Å². The van der Waals surface area contributed by atoms with Gasteiger partial charge in [-0.25, -0.2) is 4.98 Å². The summed E-state index contributed by atoms with van der Waals surface area (Å²) in [6.45, 7) is 5.76. The molecular formula is C13H20ClN3O. The molecule has 0 spiro atoms. The van der Waals surface area contributed by atoms with Crippen molar-refractivity contribution in [1.29, 1.82) is 0 Å². The van der Waals surface area contributed by atoms with Crippen molar-refractivity contribution in [3.8, 4) is 0 Å². The molecule has 4 nitrogen and oxygen atoms in total.